The minimum atomic E-state index is 0.262. The van der Waals surface area contributed by atoms with Crippen LogP contribution in [0.5, 0.6) is 5.75 Å². The summed E-state index contributed by atoms with van der Waals surface area (Å²) in [6.07, 6.45) is 3.22. The lowest BCUT2D eigenvalue weighted by atomic mass is 10.1. The van der Waals surface area contributed by atoms with Gasteiger partial charge in [-0.05, 0) is 30.7 Å². The fraction of sp³-hybridized carbons (Fsp3) is 0.308. The Balaban J connectivity index is 2.00. The number of phenols is 1. The highest BCUT2D eigenvalue weighted by atomic mass is 16.5. The SMILES string of the molecule is NCCCNc1cnoc1Cc1ccc(O)cc1. The Morgan fingerprint density at radius 2 is 2.06 bits per heavy atom. The summed E-state index contributed by atoms with van der Waals surface area (Å²) in [4.78, 5) is 0. The van der Waals surface area contributed by atoms with Gasteiger partial charge in [-0.2, -0.15) is 0 Å². The van der Waals surface area contributed by atoms with Gasteiger partial charge < -0.3 is 20.7 Å². The van der Waals surface area contributed by atoms with Gasteiger partial charge >= 0.3 is 0 Å². The number of benzene rings is 1. The highest BCUT2D eigenvalue weighted by Crippen LogP contribution is 2.20. The zero-order chi connectivity index (χ0) is 12.8. The van der Waals surface area contributed by atoms with E-state index >= 15 is 0 Å². The molecule has 0 fully saturated rings. The van der Waals surface area contributed by atoms with Crippen molar-refractivity contribution >= 4 is 5.69 Å². The number of aromatic hydroxyl groups is 1. The van der Waals surface area contributed by atoms with Gasteiger partial charge in [-0.15, -0.1) is 0 Å². The summed E-state index contributed by atoms with van der Waals surface area (Å²) in [7, 11) is 0. The molecule has 0 aliphatic rings. The van der Waals surface area contributed by atoms with Gasteiger partial charge in [0.15, 0.2) is 5.76 Å². The van der Waals surface area contributed by atoms with Crippen LogP contribution in [0.25, 0.3) is 0 Å². The second-order valence-corrected chi connectivity index (χ2v) is 4.07. The van der Waals surface area contributed by atoms with Gasteiger partial charge in [0, 0.05) is 13.0 Å². The van der Waals surface area contributed by atoms with E-state index in [0.717, 1.165) is 30.0 Å². The summed E-state index contributed by atoms with van der Waals surface area (Å²) in [5, 5.41) is 16.3. The Morgan fingerprint density at radius 1 is 1.28 bits per heavy atom. The lowest BCUT2D eigenvalue weighted by Gasteiger charge is -2.04. The van der Waals surface area contributed by atoms with E-state index in [-0.39, 0.29) is 5.75 Å². The van der Waals surface area contributed by atoms with Crippen molar-refractivity contribution in [3.05, 3.63) is 41.8 Å². The zero-order valence-electron chi connectivity index (χ0n) is 10.1. The second kappa shape index (κ2) is 6.07. The summed E-state index contributed by atoms with van der Waals surface area (Å²) in [5.74, 6) is 1.05. The van der Waals surface area contributed by atoms with Crippen LogP contribution in [-0.2, 0) is 6.42 Å². The Hall–Kier alpha value is -2.01. The minimum Gasteiger partial charge on any atom is -0.508 e. The van der Waals surface area contributed by atoms with Crippen molar-refractivity contribution in [2.24, 2.45) is 5.73 Å². The first-order chi connectivity index (χ1) is 8.79. The minimum absolute atomic E-state index is 0.262. The summed E-state index contributed by atoms with van der Waals surface area (Å²) in [5.41, 5.74) is 7.40. The first-order valence-corrected chi connectivity index (χ1v) is 5.95. The molecule has 1 aromatic carbocycles. The number of aromatic nitrogens is 1. The number of nitrogens with one attached hydrogen (secondary N) is 1. The molecule has 96 valence electrons. The van der Waals surface area contributed by atoms with Crippen LogP contribution in [0, 0.1) is 0 Å². The Kier molecular flexibility index (Phi) is 4.20. The summed E-state index contributed by atoms with van der Waals surface area (Å²) in [6, 6.07) is 7.05. The summed E-state index contributed by atoms with van der Waals surface area (Å²) in [6.45, 7) is 1.46. The van der Waals surface area contributed by atoms with Crippen molar-refractivity contribution in [2.75, 3.05) is 18.4 Å². The molecule has 1 aromatic heterocycles. The van der Waals surface area contributed by atoms with Crippen molar-refractivity contribution in [3.63, 3.8) is 0 Å². The maximum absolute atomic E-state index is 9.22. The van der Waals surface area contributed by atoms with Crippen LogP contribution in [0.1, 0.15) is 17.7 Å². The van der Waals surface area contributed by atoms with Crippen LogP contribution in [0.4, 0.5) is 5.69 Å². The molecule has 0 aliphatic heterocycles. The smallest absolute Gasteiger partial charge is 0.164 e. The molecule has 2 aromatic rings. The van der Waals surface area contributed by atoms with E-state index < -0.39 is 0 Å². The van der Waals surface area contributed by atoms with E-state index in [1.807, 2.05) is 12.1 Å². The first kappa shape index (κ1) is 12.4. The predicted octanol–water partition coefficient (Wildman–Crippen LogP) is 1.73. The van der Waals surface area contributed by atoms with E-state index in [0.29, 0.717) is 13.0 Å². The highest BCUT2D eigenvalue weighted by molar-refractivity contribution is 5.46. The largest absolute Gasteiger partial charge is 0.508 e. The van der Waals surface area contributed by atoms with Crippen molar-refractivity contribution in [2.45, 2.75) is 12.8 Å². The summed E-state index contributed by atoms with van der Waals surface area (Å²) >= 11 is 0. The molecule has 18 heavy (non-hydrogen) atoms. The lowest BCUT2D eigenvalue weighted by Crippen LogP contribution is -2.08. The zero-order valence-corrected chi connectivity index (χ0v) is 10.1. The van der Waals surface area contributed by atoms with Gasteiger partial charge in [0.25, 0.3) is 0 Å². The third kappa shape index (κ3) is 3.24. The number of nitrogens with zero attached hydrogens (tertiary/aromatic N) is 1. The van der Waals surface area contributed by atoms with Gasteiger partial charge in [-0.25, -0.2) is 0 Å². The van der Waals surface area contributed by atoms with Crippen LogP contribution >= 0.6 is 0 Å². The lowest BCUT2D eigenvalue weighted by molar-refractivity contribution is 0.390. The maximum Gasteiger partial charge on any atom is 0.164 e. The third-order valence-electron chi connectivity index (χ3n) is 2.64. The Bertz CT molecular complexity index is 479. The molecule has 0 atom stereocenters. The normalized spacial score (nSPS) is 10.5. The molecule has 0 bridgehead atoms. The van der Waals surface area contributed by atoms with E-state index in [2.05, 4.69) is 10.5 Å². The van der Waals surface area contributed by atoms with Crippen LogP contribution < -0.4 is 11.1 Å². The maximum atomic E-state index is 9.22. The number of rotatable bonds is 6. The fourth-order valence-corrected chi connectivity index (χ4v) is 1.66. The number of phenolic OH excluding ortho intramolecular Hbond substituents is 1. The molecule has 0 amide bonds. The highest BCUT2D eigenvalue weighted by Gasteiger charge is 2.08. The topological polar surface area (TPSA) is 84.3 Å². The molecule has 0 aliphatic carbocycles. The monoisotopic (exact) mass is 247 g/mol. The molecule has 0 saturated heterocycles. The standard InChI is InChI=1S/C13H17N3O2/c14-6-1-7-15-12-9-16-18-13(12)8-10-2-4-11(17)5-3-10/h2-5,9,15,17H,1,6-8,14H2. The molecule has 5 nitrogen and oxygen atoms in total. The predicted molar refractivity (Wildman–Crippen MR) is 69.6 cm³/mol. The van der Waals surface area contributed by atoms with Gasteiger partial charge in [-0.1, -0.05) is 17.3 Å². The second-order valence-electron chi connectivity index (χ2n) is 4.07. The molecule has 0 saturated carbocycles. The van der Waals surface area contributed by atoms with E-state index in [9.17, 15) is 5.11 Å². The van der Waals surface area contributed by atoms with E-state index in [1.54, 1.807) is 18.3 Å². The van der Waals surface area contributed by atoms with Crippen molar-refractivity contribution in [1.29, 1.82) is 0 Å². The first-order valence-electron chi connectivity index (χ1n) is 5.95. The molecule has 0 unspecified atom stereocenters. The number of nitrogens with two attached hydrogens (primary N) is 1. The van der Waals surface area contributed by atoms with E-state index in [1.165, 1.54) is 0 Å². The van der Waals surface area contributed by atoms with Crippen LogP contribution in [0.3, 0.4) is 0 Å². The quantitative estimate of drug-likeness (QED) is 0.677. The fourth-order valence-electron chi connectivity index (χ4n) is 1.66. The number of hydrogen-bond donors (Lipinski definition) is 3. The third-order valence-corrected chi connectivity index (χ3v) is 2.64. The van der Waals surface area contributed by atoms with Gasteiger partial charge in [0.05, 0.1) is 11.9 Å². The summed E-state index contributed by atoms with van der Waals surface area (Å²) < 4.78 is 5.22. The van der Waals surface area contributed by atoms with Gasteiger partial charge in [0.2, 0.25) is 0 Å². The van der Waals surface area contributed by atoms with Crippen LogP contribution in [0.2, 0.25) is 0 Å². The Morgan fingerprint density at radius 3 is 2.78 bits per heavy atom. The molecule has 1 heterocycles. The number of hydrogen-bond acceptors (Lipinski definition) is 5. The van der Waals surface area contributed by atoms with Gasteiger partial charge in [0.1, 0.15) is 5.75 Å². The molecular weight excluding hydrogens is 230 g/mol. The molecule has 5 heteroatoms. The Labute approximate surface area is 106 Å². The average molecular weight is 247 g/mol. The molecular formula is C13H17N3O2. The average Bonchev–Trinajstić information content (AvgIpc) is 2.80. The van der Waals surface area contributed by atoms with Crippen molar-refractivity contribution in [3.8, 4) is 5.75 Å². The van der Waals surface area contributed by atoms with Gasteiger partial charge in [-0.3, -0.25) is 0 Å². The van der Waals surface area contributed by atoms with Crippen LogP contribution in [-0.4, -0.2) is 23.4 Å². The number of anilines is 1. The van der Waals surface area contributed by atoms with Crippen molar-refractivity contribution in [1.82, 2.24) is 5.16 Å². The van der Waals surface area contributed by atoms with Crippen molar-refractivity contribution < 1.29 is 9.63 Å². The molecule has 4 N–H and O–H groups in total. The molecule has 0 radical (unpaired) electrons. The van der Waals surface area contributed by atoms with E-state index in [4.69, 9.17) is 10.3 Å². The molecule has 0 spiro atoms. The molecule has 2 rings (SSSR count). The van der Waals surface area contributed by atoms with Crippen LogP contribution in [0.15, 0.2) is 35.0 Å².